The monoisotopic (exact) mass is 828 g/mol. The maximum absolute atomic E-state index is 12.8. The second-order valence-corrected chi connectivity index (χ2v) is 17.4. The lowest BCUT2D eigenvalue weighted by molar-refractivity contribution is -0.172. The molecule has 1 fully saturated rings. The summed E-state index contributed by atoms with van der Waals surface area (Å²) < 4.78 is 33.6. The van der Waals surface area contributed by atoms with Crippen LogP contribution >= 0.6 is 19.4 Å². The number of carbonyl (C=O) groups is 2. The van der Waals surface area contributed by atoms with Gasteiger partial charge in [-0.15, -0.1) is 11.6 Å². The summed E-state index contributed by atoms with van der Waals surface area (Å²) in [6.07, 6.45) is 20.2. The Morgan fingerprint density at radius 2 is 0.927 bits per heavy atom. The lowest BCUT2D eigenvalue weighted by Crippen LogP contribution is -2.62. The smallest absolute Gasteiger partial charge is 0.462 e. The van der Waals surface area contributed by atoms with Gasteiger partial charge in [0.1, 0.15) is 37.1 Å². The van der Waals surface area contributed by atoms with Gasteiger partial charge < -0.3 is 34.8 Å². The van der Waals surface area contributed by atoms with Gasteiger partial charge in [-0.1, -0.05) is 168 Å². The molecular formula is C41H78ClO12P. The first kappa shape index (κ1) is 52.2. The first-order chi connectivity index (χ1) is 26.4. The molecule has 326 valence electrons. The number of esters is 2. The molecule has 1 unspecified atom stereocenters. The van der Waals surface area contributed by atoms with Crippen molar-refractivity contribution in [2.24, 2.45) is 0 Å². The highest BCUT2D eigenvalue weighted by Crippen LogP contribution is 2.47. The Kier molecular flexibility index (Phi) is 31.4. The average Bonchev–Trinajstić information content (AvgIpc) is 3.16. The number of phosphoric acid groups is 1. The van der Waals surface area contributed by atoms with Gasteiger partial charge in [0.25, 0.3) is 0 Å². The molecule has 1 rings (SSSR count). The second-order valence-electron chi connectivity index (χ2n) is 15.5. The largest absolute Gasteiger partial charge is 0.472 e. The molecule has 1 saturated carbocycles. The van der Waals surface area contributed by atoms with Crippen LogP contribution in [0.4, 0.5) is 0 Å². The van der Waals surface area contributed by atoms with Crippen molar-refractivity contribution >= 4 is 31.4 Å². The Morgan fingerprint density at radius 1 is 0.545 bits per heavy atom. The van der Waals surface area contributed by atoms with E-state index in [4.69, 9.17) is 30.1 Å². The molecule has 12 nitrogen and oxygen atoms in total. The number of alkyl halides is 1. The SMILES string of the molecule is CCCCCCCCCCCCCCCC(=O)OC[C@H](COP(=O)(O)O[C@H]1[C@H](O)[C@@H](O)[C@H](O)[C@@H](Cl)[C@H]1O)OC(=O)CCCCCCCCCCCCCCC. The van der Waals surface area contributed by atoms with Crippen LogP contribution in [-0.2, 0) is 32.7 Å². The zero-order valence-electron chi connectivity index (χ0n) is 34.2. The highest BCUT2D eigenvalue weighted by molar-refractivity contribution is 7.47. The maximum Gasteiger partial charge on any atom is 0.472 e. The summed E-state index contributed by atoms with van der Waals surface area (Å²) in [5.74, 6) is -1.06. The quantitative estimate of drug-likeness (QED) is 0.0175. The van der Waals surface area contributed by atoms with E-state index in [0.29, 0.717) is 12.8 Å². The van der Waals surface area contributed by atoms with Crippen LogP contribution in [0.25, 0.3) is 0 Å². The van der Waals surface area contributed by atoms with E-state index in [1.54, 1.807) is 0 Å². The van der Waals surface area contributed by atoms with E-state index in [0.717, 1.165) is 38.5 Å². The van der Waals surface area contributed by atoms with Crippen LogP contribution in [-0.4, -0.2) is 92.5 Å². The zero-order valence-corrected chi connectivity index (χ0v) is 35.8. The van der Waals surface area contributed by atoms with Gasteiger partial charge in [-0.3, -0.25) is 18.6 Å². The average molecular weight is 829 g/mol. The van der Waals surface area contributed by atoms with Gasteiger partial charge >= 0.3 is 19.8 Å². The molecular weight excluding hydrogens is 751 g/mol. The van der Waals surface area contributed by atoms with Crippen LogP contribution in [0.3, 0.4) is 0 Å². The van der Waals surface area contributed by atoms with E-state index in [1.807, 2.05) is 0 Å². The second kappa shape index (κ2) is 33.1. The van der Waals surface area contributed by atoms with Gasteiger partial charge in [-0.2, -0.15) is 0 Å². The summed E-state index contributed by atoms with van der Waals surface area (Å²) in [4.78, 5) is 35.6. The van der Waals surface area contributed by atoms with Gasteiger partial charge in [-0.05, 0) is 12.8 Å². The van der Waals surface area contributed by atoms with Crippen LogP contribution < -0.4 is 0 Å². The first-order valence-electron chi connectivity index (χ1n) is 21.8. The molecule has 0 spiro atoms. The number of carbonyl (C=O) groups excluding carboxylic acids is 2. The highest BCUT2D eigenvalue weighted by atomic mass is 35.5. The van der Waals surface area contributed by atoms with E-state index in [-0.39, 0.29) is 12.8 Å². The lowest BCUT2D eigenvalue weighted by Gasteiger charge is -2.41. The summed E-state index contributed by atoms with van der Waals surface area (Å²) in [7, 11) is -5.05. The Labute approximate surface area is 337 Å². The number of ether oxygens (including phenoxy) is 2. The van der Waals surface area contributed by atoms with Crippen molar-refractivity contribution in [3.63, 3.8) is 0 Å². The van der Waals surface area contributed by atoms with E-state index >= 15 is 0 Å². The number of unbranched alkanes of at least 4 members (excludes halogenated alkanes) is 24. The normalized spacial score (nSPS) is 23.0. The lowest BCUT2D eigenvalue weighted by atomic mass is 9.87. The molecule has 0 aromatic rings. The Hall–Kier alpha value is -0.820. The third-order valence-corrected chi connectivity index (χ3v) is 11.9. The van der Waals surface area contributed by atoms with Gasteiger partial charge in [0.2, 0.25) is 0 Å². The summed E-state index contributed by atoms with van der Waals surface area (Å²) in [5.41, 5.74) is 0. The van der Waals surface area contributed by atoms with Crippen molar-refractivity contribution in [2.45, 2.75) is 236 Å². The zero-order chi connectivity index (χ0) is 40.7. The number of halogens is 1. The van der Waals surface area contributed by atoms with Crippen molar-refractivity contribution in [3.05, 3.63) is 0 Å². The minimum atomic E-state index is -5.05. The summed E-state index contributed by atoms with van der Waals surface area (Å²) in [6, 6.07) is 0. The summed E-state index contributed by atoms with van der Waals surface area (Å²) in [6.45, 7) is 3.35. The maximum atomic E-state index is 12.8. The molecule has 5 N–H and O–H groups in total. The third kappa shape index (κ3) is 26.0. The van der Waals surface area contributed by atoms with Crippen molar-refractivity contribution in [1.82, 2.24) is 0 Å². The third-order valence-electron chi connectivity index (χ3n) is 10.4. The van der Waals surface area contributed by atoms with Gasteiger partial charge in [0.15, 0.2) is 6.10 Å². The van der Waals surface area contributed by atoms with Crippen molar-refractivity contribution in [1.29, 1.82) is 0 Å². The molecule has 0 aliphatic heterocycles. The van der Waals surface area contributed by atoms with Crippen molar-refractivity contribution in [2.75, 3.05) is 13.2 Å². The molecule has 0 amide bonds. The number of phosphoric ester groups is 1. The standard InChI is InChI=1S/C41H78ClO12P/c1-3-5-7-9-11-13-15-17-19-21-23-25-27-29-34(43)51-31-33(32-52-55(49,50)54-41-38(46)36(42)37(45)39(47)40(41)48)53-35(44)30-28-26-24-22-20-18-16-14-12-10-8-6-4-2/h33,36-41,45-48H,3-32H2,1-2H3,(H,49,50)/t33-,36-,37-,38-,39+,40-,41-/m1/s1. The predicted octanol–water partition coefficient (Wildman–Crippen LogP) is 8.97. The molecule has 8 atom stereocenters. The minimum Gasteiger partial charge on any atom is -0.462 e. The van der Waals surface area contributed by atoms with E-state index < -0.39 is 75.0 Å². The Balaban J connectivity index is 2.48. The first-order valence-corrected chi connectivity index (χ1v) is 23.7. The van der Waals surface area contributed by atoms with Crippen LogP contribution in [0.15, 0.2) is 0 Å². The van der Waals surface area contributed by atoms with E-state index in [9.17, 15) is 39.5 Å². The molecule has 55 heavy (non-hydrogen) atoms. The molecule has 0 radical (unpaired) electrons. The minimum absolute atomic E-state index is 0.117. The number of rotatable bonds is 36. The fourth-order valence-electron chi connectivity index (χ4n) is 6.85. The molecule has 0 saturated heterocycles. The molecule has 0 heterocycles. The Morgan fingerprint density at radius 3 is 1.35 bits per heavy atom. The van der Waals surface area contributed by atoms with Gasteiger partial charge in [0, 0.05) is 12.8 Å². The molecule has 0 bridgehead atoms. The predicted molar refractivity (Wildman–Crippen MR) is 216 cm³/mol. The van der Waals surface area contributed by atoms with Gasteiger partial charge in [0.05, 0.1) is 12.0 Å². The Bertz CT molecular complexity index is 990. The number of hydrogen-bond donors (Lipinski definition) is 5. The molecule has 0 aromatic carbocycles. The highest BCUT2D eigenvalue weighted by Gasteiger charge is 2.51. The molecule has 1 aliphatic carbocycles. The number of aliphatic hydroxyl groups is 4. The summed E-state index contributed by atoms with van der Waals surface area (Å²) in [5, 5.41) is 38.9. The van der Waals surface area contributed by atoms with Crippen LogP contribution in [0.1, 0.15) is 194 Å². The molecule has 1 aliphatic rings. The topological polar surface area (TPSA) is 189 Å². The number of hydrogen-bond acceptors (Lipinski definition) is 11. The van der Waals surface area contributed by atoms with Crippen LogP contribution in [0, 0.1) is 0 Å². The van der Waals surface area contributed by atoms with Crippen LogP contribution in [0.2, 0.25) is 0 Å². The number of aliphatic hydroxyl groups excluding tert-OH is 4. The fraction of sp³-hybridized carbons (Fsp3) is 0.951. The van der Waals surface area contributed by atoms with Crippen molar-refractivity contribution < 1.29 is 58.0 Å². The van der Waals surface area contributed by atoms with E-state index in [1.165, 1.54) is 116 Å². The summed E-state index contributed by atoms with van der Waals surface area (Å²) >= 11 is 5.90. The van der Waals surface area contributed by atoms with Crippen molar-refractivity contribution in [3.8, 4) is 0 Å². The van der Waals surface area contributed by atoms with Crippen LogP contribution in [0.5, 0.6) is 0 Å². The van der Waals surface area contributed by atoms with E-state index in [2.05, 4.69) is 13.8 Å². The van der Waals surface area contributed by atoms with Gasteiger partial charge in [-0.25, -0.2) is 4.57 Å². The fourth-order valence-corrected chi connectivity index (χ4v) is 8.11. The molecule has 14 heteroatoms. The molecule has 0 aromatic heterocycles.